The number of rotatable bonds is 9. The fourth-order valence-electron chi connectivity index (χ4n) is 2.84. The molecule has 0 spiro atoms. The van der Waals surface area contributed by atoms with Crippen molar-refractivity contribution in [3.8, 4) is 11.3 Å². The third kappa shape index (κ3) is 5.60. The summed E-state index contributed by atoms with van der Waals surface area (Å²) >= 11 is 1.11. The van der Waals surface area contributed by atoms with Gasteiger partial charge in [-0.1, -0.05) is 41.7 Å². The lowest BCUT2D eigenvalue weighted by molar-refractivity contribution is -0.117. The number of ether oxygens (including phenoxy) is 3. The molecule has 150 valence electrons. The van der Waals surface area contributed by atoms with Crippen LogP contribution in [0.3, 0.4) is 0 Å². The van der Waals surface area contributed by atoms with Gasteiger partial charge in [0.25, 0.3) is 0 Å². The maximum Gasteiger partial charge on any atom is 0.350 e. The SMILES string of the molecule is CCOC(=O)c1sc(NC(=O)CCOCC2CCCO2)nc1-c1ccccc1. The Morgan fingerprint density at radius 1 is 1.32 bits per heavy atom. The van der Waals surface area contributed by atoms with Crippen LogP contribution in [-0.2, 0) is 19.0 Å². The van der Waals surface area contributed by atoms with Gasteiger partial charge in [-0.2, -0.15) is 0 Å². The van der Waals surface area contributed by atoms with E-state index < -0.39 is 5.97 Å². The lowest BCUT2D eigenvalue weighted by atomic mass is 10.1. The molecule has 1 aliphatic rings. The number of carbonyl (C=O) groups is 2. The molecule has 1 aromatic heterocycles. The van der Waals surface area contributed by atoms with Crippen molar-refractivity contribution in [2.75, 3.05) is 31.7 Å². The number of esters is 1. The Balaban J connectivity index is 1.59. The van der Waals surface area contributed by atoms with Gasteiger partial charge in [0.2, 0.25) is 5.91 Å². The van der Waals surface area contributed by atoms with E-state index in [1.807, 2.05) is 30.3 Å². The molecular formula is C20H24N2O5S. The molecule has 1 amide bonds. The molecule has 0 aliphatic carbocycles. The first-order valence-electron chi connectivity index (χ1n) is 9.40. The summed E-state index contributed by atoms with van der Waals surface area (Å²) in [5.41, 5.74) is 1.30. The fourth-order valence-corrected chi connectivity index (χ4v) is 3.74. The van der Waals surface area contributed by atoms with Crippen LogP contribution < -0.4 is 5.32 Å². The molecule has 0 bridgehead atoms. The number of hydrogen-bond donors (Lipinski definition) is 1. The summed E-state index contributed by atoms with van der Waals surface area (Å²) in [6.07, 6.45) is 2.42. The van der Waals surface area contributed by atoms with E-state index in [0.717, 1.165) is 36.3 Å². The average Bonchev–Trinajstić information content (AvgIpc) is 3.36. The molecule has 1 unspecified atom stereocenters. The van der Waals surface area contributed by atoms with E-state index in [2.05, 4.69) is 10.3 Å². The Morgan fingerprint density at radius 2 is 2.14 bits per heavy atom. The Kier molecular flexibility index (Phi) is 7.53. The van der Waals surface area contributed by atoms with Crippen LogP contribution >= 0.6 is 11.3 Å². The zero-order valence-corrected chi connectivity index (χ0v) is 16.6. The number of carbonyl (C=O) groups excluding carboxylic acids is 2. The number of benzene rings is 1. The standard InChI is InChI=1S/C20H24N2O5S/c1-2-26-19(24)18-17(14-7-4-3-5-8-14)22-20(28-18)21-16(23)10-12-25-13-15-9-6-11-27-15/h3-5,7-8,15H,2,6,9-13H2,1H3,(H,21,22,23). The van der Waals surface area contributed by atoms with Crippen molar-refractivity contribution in [3.05, 3.63) is 35.2 Å². The first-order valence-corrected chi connectivity index (χ1v) is 10.2. The summed E-state index contributed by atoms with van der Waals surface area (Å²) in [6.45, 7) is 3.63. The highest BCUT2D eigenvalue weighted by atomic mass is 32.1. The van der Waals surface area contributed by atoms with Crippen LogP contribution in [0.15, 0.2) is 30.3 Å². The van der Waals surface area contributed by atoms with Gasteiger partial charge in [0, 0.05) is 12.2 Å². The molecule has 0 saturated carbocycles. The van der Waals surface area contributed by atoms with E-state index in [1.165, 1.54) is 0 Å². The molecular weight excluding hydrogens is 380 g/mol. The quantitative estimate of drug-likeness (QED) is 0.508. The van der Waals surface area contributed by atoms with Crippen LogP contribution in [0.5, 0.6) is 0 Å². The minimum absolute atomic E-state index is 0.141. The predicted molar refractivity (Wildman–Crippen MR) is 107 cm³/mol. The van der Waals surface area contributed by atoms with E-state index in [0.29, 0.717) is 28.9 Å². The number of anilines is 1. The molecule has 3 rings (SSSR count). The zero-order chi connectivity index (χ0) is 19.8. The van der Waals surface area contributed by atoms with Gasteiger partial charge < -0.3 is 19.5 Å². The summed E-state index contributed by atoms with van der Waals surface area (Å²) in [6, 6.07) is 9.35. The van der Waals surface area contributed by atoms with Crippen molar-refractivity contribution >= 4 is 28.3 Å². The second-order valence-corrected chi connectivity index (χ2v) is 7.29. The van der Waals surface area contributed by atoms with Gasteiger partial charge in [-0.05, 0) is 19.8 Å². The fraction of sp³-hybridized carbons (Fsp3) is 0.450. The van der Waals surface area contributed by atoms with Crippen molar-refractivity contribution in [3.63, 3.8) is 0 Å². The molecule has 0 radical (unpaired) electrons. The van der Waals surface area contributed by atoms with Gasteiger partial charge in [-0.25, -0.2) is 9.78 Å². The smallest absolute Gasteiger partial charge is 0.350 e. The number of hydrogen-bond acceptors (Lipinski definition) is 7. The van der Waals surface area contributed by atoms with E-state index >= 15 is 0 Å². The summed E-state index contributed by atoms with van der Waals surface area (Å²) < 4.78 is 16.1. The third-order valence-corrected chi connectivity index (χ3v) is 5.13. The van der Waals surface area contributed by atoms with E-state index in [1.54, 1.807) is 6.92 Å². The molecule has 2 heterocycles. The van der Waals surface area contributed by atoms with Gasteiger partial charge in [0.1, 0.15) is 4.88 Å². The Morgan fingerprint density at radius 3 is 2.86 bits per heavy atom. The molecule has 1 fully saturated rings. The highest BCUT2D eigenvalue weighted by molar-refractivity contribution is 7.18. The van der Waals surface area contributed by atoms with Gasteiger partial charge >= 0.3 is 5.97 Å². The lowest BCUT2D eigenvalue weighted by Crippen LogP contribution is -2.18. The Labute approximate surface area is 168 Å². The number of aromatic nitrogens is 1. The molecule has 8 heteroatoms. The van der Waals surface area contributed by atoms with Crippen LogP contribution in [0.1, 0.15) is 35.9 Å². The van der Waals surface area contributed by atoms with Crippen molar-refractivity contribution in [1.29, 1.82) is 0 Å². The van der Waals surface area contributed by atoms with Crippen molar-refractivity contribution < 1.29 is 23.8 Å². The van der Waals surface area contributed by atoms with Crippen LogP contribution in [0.2, 0.25) is 0 Å². The van der Waals surface area contributed by atoms with Crippen LogP contribution in [0.4, 0.5) is 5.13 Å². The molecule has 1 aliphatic heterocycles. The molecule has 7 nitrogen and oxygen atoms in total. The molecule has 1 atom stereocenters. The summed E-state index contributed by atoms with van der Waals surface area (Å²) in [4.78, 5) is 29.3. The highest BCUT2D eigenvalue weighted by Crippen LogP contribution is 2.31. The summed E-state index contributed by atoms with van der Waals surface area (Å²) in [5.74, 6) is -0.657. The van der Waals surface area contributed by atoms with Crippen molar-refractivity contribution in [2.45, 2.75) is 32.3 Å². The van der Waals surface area contributed by atoms with Gasteiger partial charge in [0.15, 0.2) is 5.13 Å². The van der Waals surface area contributed by atoms with E-state index in [-0.39, 0.29) is 25.0 Å². The maximum absolute atomic E-state index is 12.3. The van der Waals surface area contributed by atoms with Gasteiger partial charge in [-0.3, -0.25) is 4.79 Å². The number of thiazole rings is 1. The van der Waals surface area contributed by atoms with Crippen molar-refractivity contribution in [1.82, 2.24) is 4.98 Å². The lowest BCUT2D eigenvalue weighted by Gasteiger charge is -2.09. The van der Waals surface area contributed by atoms with E-state index in [4.69, 9.17) is 14.2 Å². The zero-order valence-electron chi connectivity index (χ0n) is 15.8. The average molecular weight is 404 g/mol. The first-order chi connectivity index (χ1) is 13.7. The van der Waals surface area contributed by atoms with E-state index in [9.17, 15) is 9.59 Å². The van der Waals surface area contributed by atoms with Crippen molar-refractivity contribution in [2.24, 2.45) is 0 Å². The number of nitrogens with zero attached hydrogens (tertiary/aromatic N) is 1. The largest absolute Gasteiger partial charge is 0.462 e. The Hall–Kier alpha value is -2.29. The molecule has 1 N–H and O–H groups in total. The minimum Gasteiger partial charge on any atom is -0.462 e. The highest BCUT2D eigenvalue weighted by Gasteiger charge is 2.21. The second kappa shape index (κ2) is 10.3. The monoisotopic (exact) mass is 404 g/mol. The normalized spacial score (nSPS) is 16.1. The maximum atomic E-state index is 12.3. The molecule has 1 aromatic carbocycles. The second-order valence-electron chi connectivity index (χ2n) is 6.29. The third-order valence-electron chi connectivity index (χ3n) is 4.18. The Bertz CT molecular complexity index is 787. The summed E-state index contributed by atoms with van der Waals surface area (Å²) in [7, 11) is 0. The predicted octanol–water partition coefficient (Wildman–Crippen LogP) is 3.51. The first kappa shape index (κ1) is 20.4. The summed E-state index contributed by atoms with van der Waals surface area (Å²) in [5, 5.41) is 3.11. The minimum atomic E-state index is -0.445. The number of amides is 1. The van der Waals surface area contributed by atoms with Crippen LogP contribution in [-0.4, -0.2) is 49.4 Å². The van der Waals surface area contributed by atoms with Gasteiger partial charge in [-0.15, -0.1) is 0 Å². The van der Waals surface area contributed by atoms with Crippen LogP contribution in [0, 0.1) is 0 Å². The van der Waals surface area contributed by atoms with Crippen LogP contribution in [0.25, 0.3) is 11.3 Å². The number of nitrogens with one attached hydrogen (secondary N) is 1. The molecule has 2 aromatic rings. The topological polar surface area (TPSA) is 86.8 Å². The molecule has 1 saturated heterocycles. The van der Waals surface area contributed by atoms with Gasteiger partial charge in [0.05, 0.1) is 38.0 Å². The molecule has 28 heavy (non-hydrogen) atoms.